The minimum absolute atomic E-state index is 0.120. The molecule has 3 aromatic carbocycles. The summed E-state index contributed by atoms with van der Waals surface area (Å²) in [6.45, 7) is 2.38. The lowest BCUT2D eigenvalue weighted by Crippen LogP contribution is -2.21. The van der Waals surface area contributed by atoms with Crippen LogP contribution in [0, 0.1) is 6.92 Å². The highest BCUT2D eigenvalue weighted by molar-refractivity contribution is 6.30. The average Bonchev–Trinajstić information content (AvgIpc) is 3.17. The predicted molar refractivity (Wildman–Crippen MR) is 129 cm³/mol. The highest BCUT2D eigenvalue weighted by atomic mass is 35.5. The highest BCUT2D eigenvalue weighted by Gasteiger charge is 2.26. The number of nitrogens with one attached hydrogen (secondary N) is 1. The molecule has 1 aliphatic rings. The van der Waals surface area contributed by atoms with E-state index in [1.807, 2.05) is 77.2 Å². The smallest absolute Gasteiger partial charge is 0.252 e. The summed E-state index contributed by atoms with van der Waals surface area (Å²) in [6.07, 6.45) is 0. The number of carbonyl (C=O) groups is 1. The van der Waals surface area contributed by atoms with Gasteiger partial charge < -0.3 is 5.32 Å². The number of carbonyl (C=O) groups excluding carboxylic acids is 1. The van der Waals surface area contributed by atoms with Gasteiger partial charge in [0, 0.05) is 28.8 Å². The van der Waals surface area contributed by atoms with Crippen LogP contribution in [-0.4, -0.2) is 33.4 Å². The maximum absolute atomic E-state index is 11.9. The van der Waals surface area contributed by atoms with Crippen LogP contribution < -0.4 is 10.3 Å². The molecular weight excluding hydrogens is 436 g/mol. The van der Waals surface area contributed by atoms with E-state index in [0.717, 1.165) is 33.9 Å². The Balaban J connectivity index is 1.64. The van der Waals surface area contributed by atoms with Crippen LogP contribution in [0.5, 0.6) is 0 Å². The summed E-state index contributed by atoms with van der Waals surface area (Å²) >= 11 is 6.14. The van der Waals surface area contributed by atoms with Crippen LogP contribution in [0.15, 0.2) is 77.9 Å². The molecule has 33 heavy (non-hydrogen) atoms. The molecule has 1 amide bonds. The van der Waals surface area contributed by atoms with Crippen LogP contribution in [0.1, 0.15) is 32.9 Å². The number of para-hydroxylation sites is 1. The van der Waals surface area contributed by atoms with E-state index in [4.69, 9.17) is 16.7 Å². The van der Waals surface area contributed by atoms with Crippen molar-refractivity contribution in [3.05, 3.63) is 106 Å². The van der Waals surface area contributed by atoms with Gasteiger partial charge in [0.2, 0.25) is 0 Å². The Hall–Kier alpha value is -3.97. The third-order valence-corrected chi connectivity index (χ3v) is 5.80. The maximum atomic E-state index is 11.9. The minimum atomic E-state index is -0.120. The normalized spacial score (nSPS) is 12.5. The van der Waals surface area contributed by atoms with Gasteiger partial charge in [0.05, 0.1) is 12.2 Å². The molecule has 0 unspecified atom stereocenters. The summed E-state index contributed by atoms with van der Waals surface area (Å²) in [5.41, 5.74) is 5.29. The molecule has 0 aliphatic carbocycles. The number of aromatic nitrogens is 3. The Kier molecular flexibility index (Phi) is 5.40. The number of aryl methyl sites for hydroxylation is 1. The number of halogens is 1. The first-order chi connectivity index (χ1) is 16.0. The summed E-state index contributed by atoms with van der Waals surface area (Å²) in [7, 11) is 1.62. The van der Waals surface area contributed by atoms with E-state index in [1.165, 1.54) is 0 Å². The van der Waals surface area contributed by atoms with Crippen molar-refractivity contribution in [2.75, 3.05) is 12.1 Å². The minimum Gasteiger partial charge on any atom is -0.355 e. The van der Waals surface area contributed by atoms with Crippen LogP contribution in [0.3, 0.4) is 0 Å². The van der Waals surface area contributed by atoms with Gasteiger partial charge in [-0.25, -0.2) is 5.01 Å². The van der Waals surface area contributed by atoms with Gasteiger partial charge in [0.25, 0.3) is 11.9 Å². The first-order valence-electron chi connectivity index (χ1n) is 10.5. The Labute approximate surface area is 196 Å². The van der Waals surface area contributed by atoms with Crippen molar-refractivity contribution in [1.29, 1.82) is 0 Å². The van der Waals surface area contributed by atoms with Gasteiger partial charge in [-0.3, -0.25) is 9.36 Å². The standard InChI is InChI=1S/C25H21ClN6O/c1-16-28-29-25-31(15-17-7-9-19(10-8-17)24(33)27-2)30-23(18-11-13-20(26)14-12-18)21-5-3-4-6-22(21)32(16)25/h3-14H,15H2,1-2H3,(H,27,33). The quantitative estimate of drug-likeness (QED) is 0.495. The number of fused-ring (bicyclic) bond motifs is 3. The summed E-state index contributed by atoms with van der Waals surface area (Å²) in [6, 6.07) is 23.2. The van der Waals surface area contributed by atoms with Gasteiger partial charge in [-0.05, 0) is 42.8 Å². The van der Waals surface area contributed by atoms with Gasteiger partial charge in [0.1, 0.15) is 11.5 Å². The van der Waals surface area contributed by atoms with Crippen molar-refractivity contribution in [3.8, 4) is 5.69 Å². The van der Waals surface area contributed by atoms with Crippen molar-refractivity contribution in [2.24, 2.45) is 5.10 Å². The van der Waals surface area contributed by atoms with Crippen LogP contribution in [0.2, 0.25) is 5.02 Å². The second kappa shape index (κ2) is 8.52. The van der Waals surface area contributed by atoms with Crippen molar-refractivity contribution < 1.29 is 4.79 Å². The molecule has 1 N–H and O–H groups in total. The largest absolute Gasteiger partial charge is 0.355 e. The molecule has 2 heterocycles. The molecule has 1 aromatic heterocycles. The number of amides is 1. The lowest BCUT2D eigenvalue weighted by atomic mass is 10.0. The van der Waals surface area contributed by atoms with E-state index >= 15 is 0 Å². The third-order valence-electron chi connectivity index (χ3n) is 5.55. The number of hydrazone groups is 1. The third kappa shape index (κ3) is 3.87. The van der Waals surface area contributed by atoms with Gasteiger partial charge in [-0.15, -0.1) is 10.2 Å². The molecule has 0 saturated carbocycles. The summed E-state index contributed by atoms with van der Waals surface area (Å²) < 4.78 is 2.01. The van der Waals surface area contributed by atoms with Crippen LogP contribution >= 0.6 is 11.6 Å². The van der Waals surface area contributed by atoms with Gasteiger partial charge >= 0.3 is 0 Å². The molecule has 0 radical (unpaired) electrons. The molecular formula is C25H21ClN6O. The predicted octanol–water partition coefficient (Wildman–Crippen LogP) is 4.36. The van der Waals surface area contributed by atoms with Gasteiger partial charge in [-0.1, -0.05) is 54.1 Å². The summed E-state index contributed by atoms with van der Waals surface area (Å²) in [5, 5.41) is 19.0. The topological polar surface area (TPSA) is 75.4 Å². The molecule has 4 aromatic rings. The number of hydrogen-bond donors (Lipinski definition) is 1. The zero-order valence-electron chi connectivity index (χ0n) is 18.2. The number of benzene rings is 3. The molecule has 7 nitrogen and oxygen atoms in total. The Bertz CT molecular complexity index is 1360. The molecule has 0 spiro atoms. The maximum Gasteiger partial charge on any atom is 0.252 e. The van der Waals surface area contributed by atoms with E-state index in [1.54, 1.807) is 19.2 Å². The average molecular weight is 457 g/mol. The SMILES string of the molecule is CNC(=O)c1ccc(CN2N=C(c3ccc(Cl)cc3)c3ccccc3-n3c(C)nnc32)cc1. The highest BCUT2D eigenvalue weighted by Crippen LogP contribution is 2.30. The van der Waals surface area contributed by atoms with E-state index in [0.29, 0.717) is 23.1 Å². The van der Waals surface area contributed by atoms with E-state index in [9.17, 15) is 4.79 Å². The van der Waals surface area contributed by atoms with Crippen LogP contribution in [0.4, 0.5) is 5.95 Å². The Morgan fingerprint density at radius 3 is 2.42 bits per heavy atom. The van der Waals surface area contributed by atoms with Crippen molar-refractivity contribution in [2.45, 2.75) is 13.5 Å². The molecule has 0 atom stereocenters. The van der Waals surface area contributed by atoms with Gasteiger partial charge in [0.15, 0.2) is 0 Å². The number of nitrogens with zero attached hydrogens (tertiary/aromatic N) is 5. The summed E-state index contributed by atoms with van der Waals surface area (Å²) in [5.74, 6) is 1.27. The molecule has 0 bridgehead atoms. The molecule has 164 valence electrons. The first kappa shape index (κ1) is 20.9. The van der Waals surface area contributed by atoms with E-state index < -0.39 is 0 Å². The second-order valence-corrected chi connectivity index (χ2v) is 8.13. The lowest BCUT2D eigenvalue weighted by molar-refractivity contribution is 0.0963. The lowest BCUT2D eigenvalue weighted by Gasteiger charge is -2.18. The first-order valence-corrected chi connectivity index (χ1v) is 10.9. The Morgan fingerprint density at radius 2 is 1.70 bits per heavy atom. The zero-order valence-corrected chi connectivity index (χ0v) is 18.9. The van der Waals surface area contributed by atoms with Crippen molar-refractivity contribution in [3.63, 3.8) is 0 Å². The zero-order chi connectivity index (χ0) is 22.9. The monoisotopic (exact) mass is 456 g/mol. The Morgan fingerprint density at radius 1 is 0.970 bits per heavy atom. The van der Waals surface area contributed by atoms with Crippen LogP contribution in [0.25, 0.3) is 5.69 Å². The van der Waals surface area contributed by atoms with Crippen molar-refractivity contribution >= 4 is 29.2 Å². The fourth-order valence-corrected chi connectivity index (χ4v) is 4.02. The van der Waals surface area contributed by atoms with E-state index in [-0.39, 0.29) is 5.91 Å². The number of hydrogen-bond acceptors (Lipinski definition) is 5. The summed E-state index contributed by atoms with van der Waals surface area (Å²) in [4.78, 5) is 11.9. The van der Waals surface area contributed by atoms with Crippen molar-refractivity contribution in [1.82, 2.24) is 20.1 Å². The second-order valence-electron chi connectivity index (χ2n) is 7.69. The van der Waals surface area contributed by atoms with Crippen LogP contribution in [-0.2, 0) is 6.54 Å². The molecule has 1 aliphatic heterocycles. The van der Waals surface area contributed by atoms with E-state index in [2.05, 4.69) is 15.5 Å². The number of anilines is 1. The molecule has 5 rings (SSSR count). The fraction of sp³-hybridized carbons (Fsp3) is 0.120. The fourth-order valence-electron chi connectivity index (χ4n) is 3.89. The number of rotatable bonds is 4. The van der Waals surface area contributed by atoms with Gasteiger partial charge in [-0.2, -0.15) is 5.10 Å². The molecule has 0 saturated heterocycles. The molecule has 8 heteroatoms. The molecule has 0 fully saturated rings.